The fourth-order valence-electron chi connectivity index (χ4n) is 1.08. The van der Waals surface area contributed by atoms with E-state index in [2.05, 4.69) is 0 Å². The molecule has 0 unspecified atom stereocenters. The average molecular weight is 287 g/mol. The van der Waals surface area contributed by atoms with Gasteiger partial charge in [0, 0.05) is 27.1 Å². The maximum atomic E-state index is 10.2. The Labute approximate surface area is 113 Å². The molecule has 1 aromatic carbocycles. The fraction of sp³-hybridized carbons (Fsp3) is 0.100. The first-order valence-electron chi connectivity index (χ1n) is 4.77. The number of benzene rings is 1. The number of hydrogen-bond donors (Lipinski definition) is 3. The molecule has 0 saturated heterocycles. The van der Waals surface area contributed by atoms with Gasteiger partial charge in [0.15, 0.2) is 0 Å². The molecule has 0 radical (unpaired) electrons. The van der Waals surface area contributed by atoms with Crippen molar-refractivity contribution in [2.75, 3.05) is 11.5 Å². The van der Waals surface area contributed by atoms with Crippen molar-refractivity contribution in [3.63, 3.8) is 0 Å². The Balaban J connectivity index is 2.65. The minimum absolute atomic E-state index is 0.232. The van der Waals surface area contributed by atoms with Crippen LogP contribution in [0.15, 0.2) is 34.9 Å². The van der Waals surface area contributed by atoms with E-state index in [4.69, 9.17) is 28.5 Å². The summed E-state index contributed by atoms with van der Waals surface area (Å²) in [6, 6.07) is 5.05. The minimum atomic E-state index is -0.811. The molecular weight excluding hydrogens is 276 g/mol. The van der Waals surface area contributed by atoms with Crippen LogP contribution in [0, 0.1) is 15.5 Å². The van der Waals surface area contributed by atoms with Gasteiger partial charge in [-0.25, -0.2) is 0 Å². The summed E-state index contributed by atoms with van der Waals surface area (Å²) in [5.74, 6) is -0.431. The number of rotatable bonds is 4. The van der Waals surface area contributed by atoms with Crippen LogP contribution < -0.4 is 11.5 Å². The number of nitro groups is 1. The number of anilines is 1. The molecular formula is C10H11ClN4O2S. The van der Waals surface area contributed by atoms with E-state index in [1.807, 2.05) is 0 Å². The van der Waals surface area contributed by atoms with Crippen molar-refractivity contribution in [2.24, 2.45) is 5.73 Å². The van der Waals surface area contributed by atoms with Crippen molar-refractivity contribution in [3.05, 3.63) is 45.1 Å². The molecule has 1 aromatic rings. The second-order valence-corrected chi connectivity index (χ2v) is 4.79. The Kier molecular flexibility index (Phi) is 4.99. The topological polar surface area (TPSA) is 119 Å². The third kappa shape index (κ3) is 4.27. The maximum absolute atomic E-state index is 10.2. The molecule has 0 atom stereocenters. The lowest BCUT2D eigenvalue weighted by Gasteiger charge is -2.05. The third-order valence-corrected chi connectivity index (χ3v) is 3.28. The van der Waals surface area contributed by atoms with Gasteiger partial charge in [0.2, 0.25) is 0 Å². The molecule has 96 valence electrons. The van der Waals surface area contributed by atoms with Crippen molar-refractivity contribution in [3.8, 4) is 0 Å². The second-order valence-electron chi connectivity index (χ2n) is 3.33. The van der Waals surface area contributed by atoms with Gasteiger partial charge in [-0.3, -0.25) is 0 Å². The summed E-state index contributed by atoms with van der Waals surface area (Å²) in [7, 11) is 0. The number of nitrogens with one attached hydrogen (secondary N) is 1. The van der Waals surface area contributed by atoms with E-state index < -0.39 is 10.8 Å². The lowest BCUT2D eigenvalue weighted by atomic mass is 10.3. The number of thioether (sulfide) groups is 1. The molecule has 18 heavy (non-hydrogen) atoms. The third-order valence-electron chi connectivity index (χ3n) is 1.88. The summed E-state index contributed by atoms with van der Waals surface area (Å²) >= 11 is 7.08. The molecule has 0 aliphatic carbocycles. The first-order valence-corrected chi connectivity index (χ1v) is 6.13. The molecule has 0 aliphatic rings. The molecule has 0 aromatic heterocycles. The maximum Gasteiger partial charge on any atom is 0.357 e. The number of nitrogens with zero attached hydrogens (tertiary/aromatic N) is 1. The Morgan fingerprint density at radius 1 is 1.61 bits per heavy atom. The van der Waals surface area contributed by atoms with Crippen LogP contribution >= 0.6 is 23.4 Å². The number of nitrogens with two attached hydrogens (primary N) is 2. The van der Waals surface area contributed by atoms with E-state index in [1.165, 1.54) is 11.8 Å². The minimum Gasteiger partial charge on any atom is -0.401 e. The van der Waals surface area contributed by atoms with Gasteiger partial charge in [0.05, 0.1) is 6.08 Å². The molecule has 1 rings (SSSR count). The highest BCUT2D eigenvalue weighted by Gasteiger charge is 2.06. The zero-order valence-electron chi connectivity index (χ0n) is 9.22. The van der Waals surface area contributed by atoms with E-state index in [9.17, 15) is 10.1 Å². The normalized spacial score (nSPS) is 11.3. The van der Waals surface area contributed by atoms with E-state index in [0.717, 1.165) is 11.0 Å². The van der Waals surface area contributed by atoms with E-state index >= 15 is 0 Å². The summed E-state index contributed by atoms with van der Waals surface area (Å²) in [5, 5.41) is 17.8. The predicted octanol–water partition coefficient (Wildman–Crippen LogP) is 2.11. The molecule has 0 fully saturated rings. The van der Waals surface area contributed by atoms with E-state index in [0.29, 0.717) is 16.5 Å². The fourth-order valence-corrected chi connectivity index (χ4v) is 2.06. The van der Waals surface area contributed by atoms with E-state index in [1.54, 1.807) is 18.2 Å². The quantitative estimate of drug-likeness (QED) is 0.196. The smallest absolute Gasteiger partial charge is 0.357 e. The number of nitrogen functional groups attached to an aromatic ring is 1. The summed E-state index contributed by atoms with van der Waals surface area (Å²) < 4.78 is 0. The molecule has 5 N–H and O–H groups in total. The van der Waals surface area contributed by atoms with Crippen LogP contribution in [0.4, 0.5) is 5.69 Å². The van der Waals surface area contributed by atoms with Crippen LogP contribution in [0.5, 0.6) is 0 Å². The lowest BCUT2D eigenvalue weighted by Crippen LogP contribution is -2.11. The van der Waals surface area contributed by atoms with E-state index in [-0.39, 0.29) is 5.70 Å². The molecule has 0 aliphatic heterocycles. The number of halogens is 1. The van der Waals surface area contributed by atoms with Crippen molar-refractivity contribution >= 4 is 34.9 Å². The summed E-state index contributed by atoms with van der Waals surface area (Å²) in [4.78, 5) is 10.2. The van der Waals surface area contributed by atoms with Crippen molar-refractivity contribution in [1.82, 2.24) is 0 Å². The molecule has 8 heteroatoms. The summed E-state index contributed by atoms with van der Waals surface area (Å²) in [6.07, 6.45) is 1.01. The van der Waals surface area contributed by atoms with Crippen LogP contribution in [-0.2, 0) is 0 Å². The highest BCUT2D eigenvalue weighted by Crippen LogP contribution is 2.28. The first kappa shape index (κ1) is 14.3. The van der Waals surface area contributed by atoms with Crippen LogP contribution in [0.1, 0.15) is 0 Å². The predicted molar refractivity (Wildman–Crippen MR) is 73.6 cm³/mol. The van der Waals surface area contributed by atoms with Gasteiger partial charge in [-0.1, -0.05) is 17.0 Å². The molecule has 0 saturated carbocycles. The van der Waals surface area contributed by atoms with Gasteiger partial charge in [-0.2, -0.15) is 0 Å². The van der Waals surface area contributed by atoms with Crippen LogP contribution in [-0.4, -0.2) is 16.5 Å². The largest absolute Gasteiger partial charge is 0.401 e. The van der Waals surface area contributed by atoms with Gasteiger partial charge in [-0.05, 0) is 23.1 Å². The van der Waals surface area contributed by atoms with Gasteiger partial charge < -0.3 is 21.6 Å². The molecule has 6 nitrogen and oxygen atoms in total. The Morgan fingerprint density at radius 3 is 2.83 bits per heavy atom. The van der Waals surface area contributed by atoms with Crippen molar-refractivity contribution < 1.29 is 4.92 Å². The van der Waals surface area contributed by atoms with Gasteiger partial charge in [-0.15, -0.1) is 11.8 Å². The Hall–Kier alpha value is -1.73. The van der Waals surface area contributed by atoms with Crippen LogP contribution in [0.2, 0.25) is 5.02 Å². The summed E-state index contributed by atoms with van der Waals surface area (Å²) in [5.41, 5.74) is 12.1. The van der Waals surface area contributed by atoms with Crippen molar-refractivity contribution in [1.29, 1.82) is 5.41 Å². The molecule has 0 bridgehead atoms. The number of hydrogen-bond acceptors (Lipinski definition) is 6. The van der Waals surface area contributed by atoms with Crippen LogP contribution in [0.3, 0.4) is 0 Å². The molecule has 0 spiro atoms. The Morgan fingerprint density at radius 2 is 2.28 bits per heavy atom. The Bertz CT molecular complexity index is 519. The average Bonchev–Trinajstić information content (AvgIpc) is 2.27. The van der Waals surface area contributed by atoms with Gasteiger partial charge in [0.25, 0.3) is 0 Å². The summed E-state index contributed by atoms with van der Waals surface area (Å²) in [6.45, 7) is 0. The highest BCUT2D eigenvalue weighted by molar-refractivity contribution is 7.99. The highest BCUT2D eigenvalue weighted by atomic mass is 35.5. The second kappa shape index (κ2) is 6.27. The standard InChI is InChI=1S/C10H11ClN4O2S/c11-6-1-2-9(8(13)3-6)18-5-7(12)4-10(14)15(16)17/h1-4,14H,5,12-13H2. The zero-order valence-corrected chi connectivity index (χ0v) is 10.8. The van der Waals surface area contributed by atoms with Crippen molar-refractivity contribution in [2.45, 2.75) is 4.90 Å². The molecule has 0 heterocycles. The van der Waals surface area contributed by atoms with Gasteiger partial charge in [0.1, 0.15) is 0 Å². The zero-order chi connectivity index (χ0) is 13.7. The lowest BCUT2D eigenvalue weighted by molar-refractivity contribution is -0.349. The first-order chi connectivity index (χ1) is 8.40. The van der Waals surface area contributed by atoms with Gasteiger partial charge >= 0.3 is 5.84 Å². The number of amidine groups is 1. The van der Waals surface area contributed by atoms with Crippen LogP contribution in [0.25, 0.3) is 0 Å². The monoisotopic (exact) mass is 286 g/mol. The molecule has 0 amide bonds. The SMILES string of the molecule is N=C(C=C(N)CSc1ccc(Cl)cc1N)[N+](=O)[O-].